The van der Waals surface area contributed by atoms with Crippen molar-refractivity contribution in [2.45, 2.75) is 44.4 Å². The number of Topliss-reactive ketones (excluding diaryl/α,β-unsaturated/α-hetero) is 2. The van der Waals surface area contributed by atoms with E-state index in [1.165, 1.54) is 4.90 Å². The van der Waals surface area contributed by atoms with Gasteiger partial charge in [0, 0.05) is 37.8 Å². The fourth-order valence-electron chi connectivity index (χ4n) is 6.80. The third-order valence-corrected chi connectivity index (χ3v) is 8.27. The van der Waals surface area contributed by atoms with Gasteiger partial charge in [-0.15, -0.1) is 0 Å². The first-order chi connectivity index (χ1) is 18.2. The van der Waals surface area contributed by atoms with Gasteiger partial charge in [-0.05, 0) is 70.1 Å². The minimum Gasteiger partial charge on any atom is -0.510 e. The molecule has 0 spiro atoms. The maximum absolute atomic E-state index is 13.9. The molecule has 39 heavy (non-hydrogen) atoms. The van der Waals surface area contributed by atoms with Gasteiger partial charge in [-0.1, -0.05) is 6.92 Å². The van der Waals surface area contributed by atoms with Crippen LogP contribution in [0.25, 0.3) is 0 Å². The lowest BCUT2D eigenvalue weighted by Crippen LogP contribution is -2.63. The monoisotopic (exact) mass is 542 g/mol. The van der Waals surface area contributed by atoms with Gasteiger partial charge < -0.3 is 36.0 Å². The number of fused-ring (bicyclic) bond motifs is 3. The first-order valence-electron chi connectivity index (χ1n) is 13.1. The van der Waals surface area contributed by atoms with Crippen LogP contribution in [0.15, 0.2) is 28.7 Å². The number of anilines is 1. The molecule has 0 bridgehead atoms. The molecule has 0 saturated carbocycles. The lowest BCUT2D eigenvalue weighted by molar-refractivity contribution is -0.148. The Labute approximate surface area is 227 Å². The smallest absolute Gasteiger partial charge is 0.255 e. The maximum Gasteiger partial charge on any atom is 0.255 e. The lowest BCUT2D eigenvalue weighted by Gasteiger charge is -2.50. The molecule has 4 rings (SSSR count). The van der Waals surface area contributed by atoms with E-state index < -0.39 is 58.0 Å². The van der Waals surface area contributed by atoms with Crippen LogP contribution in [-0.2, 0) is 22.6 Å². The van der Waals surface area contributed by atoms with Gasteiger partial charge in [-0.2, -0.15) is 0 Å². The van der Waals surface area contributed by atoms with E-state index in [0.29, 0.717) is 12.1 Å². The highest BCUT2D eigenvalue weighted by Crippen LogP contribution is 2.53. The normalized spacial score (nSPS) is 26.6. The van der Waals surface area contributed by atoms with E-state index in [1.54, 1.807) is 20.2 Å². The van der Waals surface area contributed by atoms with Crippen LogP contribution < -0.4 is 10.6 Å². The Bertz CT molecular complexity index is 1320. The molecule has 0 saturated heterocycles. The zero-order chi connectivity index (χ0) is 29.1. The van der Waals surface area contributed by atoms with Gasteiger partial charge in [0.15, 0.2) is 11.4 Å². The standard InChI is InChI=1S/C28H38N4O7/c1-7-8-32(6)12-14-11-17(33)19-15(21(14)30(2)3)9-13-10-16-22(31(4)5)24(35)20(27(29)38)26(37)28(16,39)25(36)18(13)23(19)34/h11,13,16,22,33,35-36,39H,7-10,12H2,1-6H3,(H2,29,38)/t13-,16-,22-,28-/m0/s1. The summed E-state index contributed by atoms with van der Waals surface area (Å²) in [5.74, 6) is -6.54. The minimum atomic E-state index is -2.65. The zero-order valence-corrected chi connectivity index (χ0v) is 23.3. The number of phenolic OH excluding ortho intramolecular Hbond substituents is 1. The van der Waals surface area contributed by atoms with Crippen molar-refractivity contribution in [2.24, 2.45) is 17.6 Å². The van der Waals surface area contributed by atoms with Gasteiger partial charge >= 0.3 is 0 Å². The minimum absolute atomic E-state index is 0.0152. The van der Waals surface area contributed by atoms with Crippen molar-refractivity contribution in [3.8, 4) is 5.75 Å². The molecule has 11 nitrogen and oxygen atoms in total. The van der Waals surface area contributed by atoms with Gasteiger partial charge in [0.2, 0.25) is 5.78 Å². The van der Waals surface area contributed by atoms with Crippen LogP contribution in [0.2, 0.25) is 0 Å². The summed E-state index contributed by atoms with van der Waals surface area (Å²) < 4.78 is 0. The second-order valence-electron chi connectivity index (χ2n) is 11.4. The zero-order valence-electron chi connectivity index (χ0n) is 23.3. The number of rotatable bonds is 7. The van der Waals surface area contributed by atoms with E-state index in [0.717, 1.165) is 24.2 Å². The maximum atomic E-state index is 13.9. The average Bonchev–Trinajstić information content (AvgIpc) is 2.80. The molecule has 0 unspecified atom stereocenters. The first kappa shape index (κ1) is 28.6. The molecule has 3 aliphatic rings. The topological polar surface area (TPSA) is 168 Å². The van der Waals surface area contributed by atoms with E-state index >= 15 is 0 Å². The molecular formula is C28H38N4O7. The summed E-state index contributed by atoms with van der Waals surface area (Å²) >= 11 is 0. The van der Waals surface area contributed by atoms with Gasteiger partial charge in [-0.25, -0.2) is 0 Å². The van der Waals surface area contributed by atoms with Crippen LogP contribution in [0.3, 0.4) is 0 Å². The summed E-state index contributed by atoms with van der Waals surface area (Å²) in [7, 11) is 8.91. The van der Waals surface area contributed by atoms with Crippen LogP contribution in [0.1, 0.15) is 41.3 Å². The number of hydrogen-bond donors (Lipinski definition) is 5. The molecule has 0 fully saturated rings. The number of amides is 1. The number of hydrogen-bond acceptors (Lipinski definition) is 10. The summed E-state index contributed by atoms with van der Waals surface area (Å²) in [6.45, 7) is 3.47. The van der Waals surface area contributed by atoms with Crippen LogP contribution in [-0.4, -0.2) is 101 Å². The summed E-state index contributed by atoms with van der Waals surface area (Å²) in [4.78, 5) is 45.0. The van der Waals surface area contributed by atoms with Crippen molar-refractivity contribution in [1.29, 1.82) is 0 Å². The largest absolute Gasteiger partial charge is 0.510 e. The molecule has 0 aliphatic heterocycles. The SMILES string of the molecule is CCCN(C)Cc1cc(O)c2c(c1N(C)C)C[C@H]1C[C@H]3[C@H](N(C)C)C(O)=C(C(N)=O)C(=O)[C@@]3(O)C(O)=C1C2=O. The Morgan fingerprint density at radius 2 is 1.77 bits per heavy atom. The van der Waals surface area contributed by atoms with Gasteiger partial charge in [0.05, 0.1) is 11.6 Å². The molecule has 4 atom stereocenters. The van der Waals surface area contributed by atoms with Crippen molar-refractivity contribution < 1.29 is 34.8 Å². The number of carbonyl (C=O) groups excluding carboxylic acids is 3. The first-order valence-corrected chi connectivity index (χ1v) is 13.1. The molecule has 3 aliphatic carbocycles. The Balaban J connectivity index is 1.93. The highest BCUT2D eigenvalue weighted by Gasteiger charge is 2.63. The van der Waals surface area contributed by atoms with Crippen LogP contribution in [0.5, 0.6) is 5.75 Å². The Kier molecular flexibility index (Phi) is 7.30. The van der Waals surface area contributed by atoms with Crippen LogP contribution in [0, 0.1) is 11.8 Å². The molecule has 11 heteroatoms. The highest BCUT2D eigenvalue weighted by atomic mass is 16.3. The van der Waals surface area contributed by atoms with E-state index in [9.17, 15) is 34.8 Å². The Hall–Kier alpha value is -3.41. The number of nitrogens with zero attached hydrogens (tertiary/aromatic N) is 3. The number of aromatic hydroxyl groups is 1. The van der Waals surface area contributed by atoms with Crippen LogP contribution >= 0.6 is 0 Å². The molecule has 0 radical (unpaired) electrons. The van der Waals surface area contributed by atoms with E-state index in [4.69, 9.17) is 5.73 Å². The number of aliphatic hydroxyl groups is 3. The quantitative estimate of drug-likeness (QED) is 0.314. The number of phenols is 1. The number of likely N-dealkylation sites (N-methyl/N-ethyl adjacent to an activating group) is 1. The summed E-state index contributed by atoms with van der Waals surface area (Å²) in [6.07, 6.45) is 1.26. The van der Waals surface area contributed by atoms with Crippen LogP contribution in [0.4, 0.5) is 5.69 Å². The molecule has 1 aromatic rings. The van der Waals surface area contributed by atoms with Crippen molar-refractivity contribution in [2.75, 3.05) is 46.7 Å². The second-order valence-corrected chi connectivity index (χ2v) is 11.4. The van der Waals surface area contributed by atoms with Gasteiger partial charge in [0.25, 0.3) is 5.91 Å². The molecule has 0 heterocycles. The van der Waals surface area contributed by atoms with E-state index in [-0.39, 0.29) is 29.7 Å². The molecule has 1 amide bonds. The third kappa shape index (κ3) is 4.19. The molecule has 1 aromatic carbocycles. The summed E-state index contributed by atoms with van der Waals surface area (Å²) in [5, 5.41) is 45.1. The average molecular weight is 543 g/mol. The van der Waals surface area contributed by atoms with E-state index in [1.807, 2.05) is 26.0 Å². The third-order valence-electron chi connectivity index (χ3n) is 8.27. The number of primary amides is 1. The van der Waals surface area contributed by atoms with Crippen molar-refractivity contribution in [1.82, 2.24) is 9.80 Å². The van der Waals surface area contributed by atoms with Gasteiger partial charge in [0.1, 0.15) is 22.8 Å². The molecule has 0 aromatic heterocycles. The lowest BCUT2D eigenvalue weighted by atomic mass is 9.58. The second kappa shape index (κ2) is 9.96. The summed E-state index contributed by atoms with van der Waals surface area (Å²) in [5.41, 5.74) is 4.03. The number of ketones is 2. The van der Waals surface area contributed by atoms with Crippen molar-refractivity contribution in [3.05, 3.63) is 45.4 Å². The number of aliphatic hydroxyl groups excluding tert-OH is 2. The molecule has 212 valence electrons. The fraction of sp³-hybridized carbons (Fsp3) is 0.536. The number of benzene rings is 1. The molecule has 6 N–H and O–H groups in total. The number of nitrogens with two attached hydrogens (primary N) is 1. The van der Waals surface area contributed by atoms with Crippen molar-refractivity contribution in [3.63, 3.8) is 0 Å². The predicted molar refractivity (Wildman–Crippen MR) is 145 cm³/mol. The van der Waals surface area contributed by atoms with E-state index in [2.05, 4.69) is 11.8 Å². The fourth-order valence-corrected chi connectivity index (χ4v) is 6.80. The Morgan fingerprint density at radius 1 is 1.13 bits per heavy atom. The van der Waals surface area contributed by atoms with Gasteiger partial charge in [-0.3, -0.25) is 19.3 Å². The molecular weight excluding hydrogens is 504 g/mol. The summed E-state index contributed by atoms with van der Waals surface area (Å²) in [6, 6.07) is 0.530. The number of allylic oxidation sites excluding steroid dienone is 1. The highest BCUT2D eigenvalue weighted by molar-refractivity contribution is 6.24. The number of carbonyl (C=O) groups is 3. The Morgan fingerprint density at radius 3 is 2.31 bits per heavy atom. The van der Waals surface area contributed by atoms with Crippen molar-refractivity contribution >= 4 is 23.2 Å². The predicted octanol–water partition coefficient (Wildman–Crippen LogP) is 1.03.